The molecular weight excluding hydrogens is 397 g/mol. The zero-order valence-electron chi connectivity index (χ0n) is 15.1. The molecule has 0 N–H and O–H groups in total. The van der Waals surface area contributed by atoms with Crippen molar-refractivity contribution in [2.75, 3.05) is 26.2 Å². The SMILES string of the molecule is O=C(c1ccnc(-n2ccnc2)c1)N1CCN(Cc2cccc(Cl)c2Cl)CC1. The van der Waals surface area contributed by atoms with Crippen LogP contribution >= 0.6 is 23.2 Å². The van der Waals surface area contributed by atoms with Crippen molar-refractivity contribution in [2.24, 2.45) is 0 Å². The highest BCUT2D eigenvalue weighted by molar-refractivity contribution is 6.42. The van der Waals surface area contributed by atoms with Gasteiger partial charge in [-0.05, 0) is 23.8 Å². The van der Waals surface area contributed by atoms with Gasteiger partial charge >= 0.3 is 0 Å². The van der Waals surface area contributed by atoms with E-state index in [1.807, 2.05) is 17.0 Å². The summed E-state index contributed by atoms with van der Waals surface area (Å²) in [6, 6.07) is 9.23. The molecule has 1 aliphatic rings. The summed E-state index contributed by atoms with van der Waals surface area (Å²) in [6.07, 6.45) is 6.80. The highest BCUT2D eigenvalue weighted by atomic mass is 35.5. The number of hydrogen-bond acceptors (Lipinski definition) is 4. The zero-order chi connectivity index (χ0) is 19.5. The van der Waals surface area contributed by atoms with Gasteiger partial charge in [0.25, 0.3) is 5.91 Å². The summed E-state index contributed by atoms with van der Waals surface area (Å²) in [6.45, 7) is 3.63. The van der Waals surface area contributed by atoms with Gasteiger partial charge in [-0.3, -0.25) is 14.3 Å². The van der Waals surface area contributed by atoms with Crippen molar-refractivity contribution in [3.05, 3.63) is 76.4 Å². The molecule has 0 atom stereocenters. The maximum Gasteiger partial charge on any atom is 0.254 e. The van der Waals surface area contributed by atoms with E-state index >= 15 is 0 Å². The number of imidazole rings is 1. The molecule has 0 bridgehead atoms. The Hall–Kier alpha value is -2.41. The topological polar surface area (TPSA) is 54.3 Å². The maximum absolute atomic E-state index is 12.9. The fraction of sp³-hybridized carbons (Fsp3) is 0.250. The first kappa shape index (κ1) is 18.9. The van der Waals surface area contributed by atoms with Crippen LogP contribution in [0.4, 0.5) is 0 Å². The van der Waals surface area contributed by atoms with Crippen molar-refractivity contribution < 1.29 is 4.79 Å². The molecule has 0 saturated carbocycles. The number of carbonyl (C=O) groups excluding carboxylic acids is 1. The lowest BCUT2D eigenvalue weighted by atomic mass is 10.1. The molecule has 2 aromatic heterocycles. The molecule has 0 aliphatic carbocycles. The number of hydrogen-bond donors (Lipinski definition) is 0. The summed E-state index contributed by atoms with van der Waals surface area (Å²) in [5, 5.41) is 1.17. The molecule has 0 radical (unpaired) electrons. The van der Waals surface area contributed by atoms with Crippen LogP contribution in [0.1, 0.15) is 15.9 Å². The molecule has 4 rings (SSSR count). The van der Waals surface area contributed by atoms with Crippen LogP contribution < -0.4 is 0 Å². The van der Waals surface area contributed by atoms with Crippen LogP contribution in [0.5, 0.6) is 0 Å². The number of nitrogens with zero attached hydrogens (tertiary/aromatic N) is 5. The van der Waals surface area contributed by atoms with E-state index in [4.69, 9.17) is 23.2 Å². The second-order valence-electron chi connectivity index (χ2n) is 6.65. The monoisotopic (exact) mass is 415 g/mol. The van der Waals surface area contributed by atoms with Crippen LogP contribution in [-0.2, 0) is 6.54 Å². The van der Waals surface area contributed by atoms with Gasteiger partial charge in [0, 0.05) is 56.9 Å². The van der Waals surface area contributed by atoms with Crippen molar-refractivity contribution in [3.63, 3.8) is 0 Å². The van der Waals surface area contributed by atoms with Gasteiger partial charge in [-0.25, -0.2) is 9.97 Å². The van der Waals surface area contributed by atoms with Crippen molar-refractivity contribution >= 4 is 29.1 Å². The number of benzene rings is 1. The Bertz CT molecular complexity index is 968. The summed E-state index contributed by atoms with van der Waals surface area (Å²) in [4.78, 5) is 25.4. The second-order valence-corrected chi connectivity index (χ2v) is 7.44. The molecule has 1 aromatic carbocycles. The standard InChI is InChI=1S/C20H19Cl2N5O/c21-17-3-1-2-16(19(17)22)13-25-8-10-26(11-9-25)20(28)15-4-5-24-18(12-15)27-7-6-23-14-27/h1-7,12,14H,8-11,13H2. The fourth-order valence-electron chi connectivity index (χ4n) is 3.29. The number of amides is 1. The van der Waals surface area contributed by atoms with E-state index in [0.717, 1.165) is 25.2 Å². The van der Waals surface area contributed by atoms with Gasteiger partial charge in [0.1, 0.15) is 12.1 Å². The van der Waals surface area contributed by atoms with Gasteiger partial charge in [0.2, 0.25) is 0 Å². The predicted molar refractivity (Wildman–Crippen MR) is 109 cm³/mol. The van der Waals surface area contributed by atoms with Gasteiger partial charge < -0.3 is 4.90 Å². The first-order valence-electron chi connectivity index (χ1n) is 9.01. The average molecular weight is 416 g/mol. The van der Waals surface area contributed by atoms with Gasteiger partial charge in [0.05, 0.1) is 10.0 Å². The van der Waals surface area contributed by atoms with Crippen molar-refractivity contribution in [1.82, 2.24) is 24.3 Å². The van der Waals surface area contributed by atoms with Gasteiger partial charge in [-0.1, -0.05) is 35.3 Å². The third-order valence-corrected chi connectivity index (χ3v) is 5.70. The minimum Gasteiger partial charge on any atom is -0.336 e. The van der Waals surface area contributed by atoms with Crippen molar-refractivity contribution in [2.45, 2.75) is 6.54 Å². The van der Waals surface area contributed by atoms with Crippen LogP contribution in [0.2, 0.25) is 10.0 Å². The third-order valence-electron chi connectivity index (χ3n) is 4.85. The molecule has 1 aliphatic heterocycles. The molecule has 1 amide bonds. The Balaban J connectivity index is 1.39. The Kier molecular flexibility index (Phi) is 5.62. The summed E-state index contributed by atoms with van der Waals surface area (Å²) in [7, 11) is 0. The van der Waals surface area contributed by atoms with Crippen LogP contribution in [0, 0.1) is 0 Å². The number of piperazine rings is 1. The van der Waals surface area contributed by atoms with E-state index in [2.05, 4.69) is 14.9 Å². The second kappa shape index (κ2) is 8.31. The molecule has 8 heteroatoms. The summed E-state index contributed by atoms with van der Waals surface area (Å²) >= 11 is 12.4. The average Bonchev–Trinajstić information content (AvgIpc) is 3.27. The molecule has 28 heavy (non-hydrogen) atoms. The van der Waals surface area contributed by atoms with E-state index in [9.17, 15) is 4.79 Å². The van der Waals surface area contributed by atoms with Crippen LogP contribution in [0.3, 0.4) is 0 Å². The van der Waals surface area contributed by atoms with E-state index in [0.29, 0.717) is 34.5 Å². The molecule has 0 spiro atoms. The summed E-state index contributed by atoms with van der Waals surface area (Å²) in [5.41, 5.74) is 1.64. The lowest BCUT2D eigenvalue weighted by Crippen LogP contribution is -2.48. The minimum absolute atomic E-state index is 0.0178. The van der Waals surface area contributed by atoms with Gasteiger partial charge in [0.15, 0.2) is 0 Å². The largest absolute Gasteiger partial charge is 0.336 e. The van der Waals surface area contributed by atoms with E-state index < -0.39 is 0 Å². The normalized spacial score (nSPS) is 15.0. The Labute approximate surface area is 173 Å². The Morgan fingerprint density at radius 1 is 1.07 bits per heavy atom. The maximum atomic E-state index is 12.9. The molecule has 0 unspecified atom stereocenters. The number of rotatable bonds is 4. The Morgan fingerprint density at radius 2 is 1.89 bits per heavy atom. The van der Waals surface area contributed by atoms with E-state index in [1.165, 1.54) is 0 Å². The van der Waals surface area contributed by atoms with Crippen molar-refractivity contribution in [1.29, 1.82) is 0 Å². The number of halogens is 2. The quantitative estimate of drug-likeness (QED) is 0.653. The number of aromatic nitrogens is 3. The number of pyridine rings is 1. The predicted octanol–water partition coefficient (Wildman–Crippen LogP) is 3.53. The first-order chi connectivity index (χ1) is 13.6. The molecule has 3 heterocycles. The lowest BCUT2D eigenvalue weighted by Gasteiger charge is -2.35. The lowest BCUT2D eigenvalue weighted by molar-refractivity contribution is 0.0628. The molecule has 1 fully saturated rings. The fourth-order valence-corrected chi connectivity index (χ4v) is 3.67. The smallest absolute Gasteiger partial charge is 0.254 e. The summed E-state index contributed by atoms with van der Waals surface area (Å²) < 4.78 is 1.78. The van der Waals surface area contributed by atoms with E-state index in [1.54, 1.807) is 47.7 Å². The molecule has 3 aromatic rings. The highest BCUT2D eigenvalue weighted by Gasteiger charge is 2.23. The van der Waals surface area contributed by atoms with Crippen LogP contribution in [-0.4, -0.2) is 56.4 Å². The molecule has 6 nitrogen and oxygen atoms in total. The minimum atomic E-state index is 0.0178. The zero-order valence-corrected chi connectivity index (χ0v) is 16.6. The first-order valence-corrected chi connectivity index (χ1v) is 9.76. The highest BCUT2D eigenvalue weighted by Crippen LogP contribution is 2.26. The van der Waals surface area contributed by atoms with E-state index in [-0.39, 0.29) is 5.91 Å². The van der Waals surface area contributed by atoms with Crippen LogP contribution in [0.15, 0.2) is 55.2 Å². The molecule has 144 valence electrons. The molecular formula is C20H19Cl2N5O. The van der Waals surface area contributed by atoms with Crippen molar-refractivity contribution in [3.8, 4) is 5.82 Å². The van der Waals surface area contributed by atoms with Gasteiger partial charge in [-0.15, -0.1) is 0 Å². The third kappa shape index (κ3) is 4.04. The molecule has 1 saturated heterocycles. The van der Waals surface area contributed by atoms with Gasteiger partial charge in [-0.2, -0.15) is 0 Å². The summed E-state index contributed by atoms with van der Waals surface area (Å²) in [5.74, 6) is 0.696. The van der Waals surface area contributed by atoms with Crippen LogP contribution in [0.25, 0.3) is 5.82 Å². The Morgan fingerprint density at radius 3 is 2.64 bits per heavy atom. The number of carbonyl (C=O) groups is 1.